The number of nitrogens with one attached hydrogen (secondary N) is 1. The van der Waals surface area contributed by atoms with Crippen LogP contribution in [0.1, 0.15) is 78.9 Å². The molecule has 1 amide bonds. The molecule has 1 aliphatic heterocycles. The fourth-order valence-corrected chi connectivity index (χ4v) is 4.69. The molecule has 34 heavy (non-hydrogen) atoms. The first-order valence-electron chi connectivity index (χ1n) is 12.3. The van der Waals surface area contributed by atoms with Gasteiger partial charge in [0.05, 0.1) is 11.4 Å². The van der Waals surface area contributed by atoms with Crippen molar-refractivity contribution in [1.82, 2.24) is 10.2 Å². The number of piperidine rings is 1. The fraction of sp³-hybridized carbons (Fsp3) is 0.448. The summed E-state index contributed by atoms with van der Waals surface area (Å²) in [5.74, 6) is -0.299. The second-order valence-corrected chi connectivity index (χ2v) is 10.6. The molecule has 0 spiro atoms. The van der Waals surface area contributed by atoms with E-state index in [0.29, 0.717) is 17.5 Å². The van der Waals surface area contributed by atoms with Gasteiger partial charge in [-0.2, -0.15) is 0 Å². The molecule has 0 aliphatic carbocycles. The molecule has 2 heterocycles. The number of amides is 1. The summed E-state index contributed by atoms with van der Waals surface area (Å²) in [7, 11) is 0. The Morgan fingerprint density at radius 2 is 1.65 bits per heavy atom. The molecule has 1 fully saturated rings. The lowest BCUT2D eigenvalue weighted by atomic mass is 9.86. The van der Waals surface area contributed by atoms with Crippen molar-refractivity contribution in [2.45, 2.75) is 65.3 Å². The molecule has 180 valence electrons. The highest BCUT2D eigenvalue weighted by Crippen LogP contribution is 2.28. The first kappa shape index (κ1) is 24.2. The van der Waals surface area contributed by atoms with E-state index >= 15 is 0 Å². The zero-order valence-corrected chi connectivity index (χ0v) is 21.0. The van der Waals surface area contributed by atoms with Gasteiger partial charge < -0.3 is 9.73 Å². The summed E-state index contributed by atoms with van der Waals surface area (Å²) in [4.78, 5) is 28.1. The molecular weight excluding hydrogens is 424 g/mol. The van der Waals surface area contributed by atoms with Crippen LogP contribution in [-0.4, -0.2) is 30.4 Å². The van der Waals surface area contributed by atoms with Gasteiger partial charge in [0.1, 0.15) is 5.58 Å². The summed E-state index contributed by atoms with van der Waals surface area (Å²) in [6.07, 6.45) is 3.59. The van der Waals surface area contributed by atoms with E-state index in [4.69, 9.17) is 4.42 Å². The Hall–Kier alpha value is -2.92. The zero-order chi connectivity index (χ0) is 24.5. The Kier molecular flexibility index (Phi) is 6.94. The third-order valence-corrected chi connectivity index (χ3v) is 7.02. The van der Waals surface area contributed by atoms with Gasteiger partial charge in [-0.05, 0) is 79.6 Å². The summed E-state index contributed by atoms with van der Waals surface area (Å²) in [5, 5.41) is 3.55. The van der Waals surface area contributed by atoms with Crippen LogP contribution in [0.2, 0.25) is 0 Å². The number of hydrogen-bond acceptors (Lipinski definition) is 4. The quantitative estimate of drug-likeness (QED) is 0.533. The maximum Gasteiger partial charge on any atom is 0.287 e. The topological polar surface area (TPSA) is 62.6 Å². The summed E-state index contributed by atoms with van der Waals surface area (Å²) >= 11 is 0. The summed E-state index contributed by atoms with van der Waals surface area (Å²) < 4.78 is 5.85. The monoisotopic (exact) mass is 460 g/mol. The van der Waals surface area contributed by atoms with Gasteiger partial charge in [0.2, 0.25) is 0 Å². The molecule has 1 saturated heterocycles. The van der Waals surface area contributed by atoms with Gasteiger partial charge in [-0.25, -0.2) is 0 Å². The van der Waals surface area contributed by atoms with E-state index in [9.17, 15) is 9.59 Å². The summed E-state index contributed by atoms with van der Waals surface area (Å²) in [5.41, 5.74) is 4.89. The fourth-order valence-electron chi connectivity index (χ4n) is 4.69. The highest BCUT2D eigenvalue weighted by Gasteiger charge is 2.24. The maximum atomic E-state index is 13.0. The van der Waals surface area contributed by atoms with Crippen LogP contribution in [0.5, 0.6) is 0 Å². The molecule has 5 nitrogen and oxygen atoms in total. The van der Waals surface area contributed by atoms with Crippen molar-refractivity contribution in [3.05, 3.63) is 80.7 Å². The summed E-state index contributed by atoms with van der Waals surface area (Å²) in [6.45, 7) is 13.1. The van der Waals surface area contributed by atoms with Crippen molar-refractivity contribution in [2.75, 3.05) is 19.6 Å². The third kappa shape index (κ3) is 5.25. The Bertz CT molecular complexity index is 1230. The predicted molar refractivity (Wildman–Crippen MR) is 138 cm³/mol. The van der Waals surface area contributed by atoms with Crippen molar-refractivity contribution in [3.63, 3.8) is 0 Å². The largest absolute Gasteiger partial charge is 0.451 e. The van der Waals surface area contributed by atoms with Crippen LogP contribution < -0.4 is 10.7 Å². The van der Waals surface area contributed by atoms with E-state index in [1.54, 1.807) is 0 Å². The molecule has 1 atom stereocenters. The number of rotatable bonds is 5. The first-order valence-corrected chi connectivity index (χ1v) is 12.3. The Morgan fingerprint density at radius 3 is 2.29 bits per heavy atom. The minimum Gasteiger partial charge on any atom is -0.451 e. The van der Waals surface area contributed by atoms with Crippen LogP contribution in [0.25, 0.3) is 11.0 Å². The number of carbonyl (C=O) groups excluding carboxylic acids is 1. The van der Waals surface area contributed by atoms with E-state index < -0.39 is 0 Å². The number of hydrogen-bond donors (Lipinski definition) is 1. The molecule has 0 saturated carbocycles. The van der Waals surface area contributed by atoms with E-state index in [2.05, 4.69) is 55.3 Å². The number of likely N-dealkylation sites (tertiary alicyclic amines) is 1. The molecule has 2 aromatic carbocycles. The second-order valence-electron chi connectivity index (χ2n) is 10.6. The van der Waals surface area contributed by atoms with Crippen LogP contribution in [0.4, 0.5) is 0 Å². The van der Waals surface area contributed by atoms with Crippen molar-refractivity contribution >= 4 is 16.9 Å². The molecule has 1 unspecified atom stereocenters. The van der Waals surface area contributed by atoms with E-state index in [1.165, 1.54) is 36.5 Å². The molecule has 1 aromatic heterocycles. The Labute approximate surface area is 202 Å². The van der Waals surface area contributed by atoms with Crippen molar-refractivity contribution in [3.8, 4) is 0 Å². The highest BCUT2D eigenvalue weighted by molar-refractivity contribution is 5.93. The van der Waals surface area contributed by atoms with E-state index in [0.717, 1.165) is 24.2 Å². The molecule has 5 heteroatoms. The first-order chi connectivity index (χ1) is 16.1. The summed E-state index contributed by atoms with van der Waals surface area (Å²) in [6, 6.07) is 13.8. The van der Waals surface area contributed by atoms with Gasteiger partial charge in [-0.1, -0.05) is 51.5 Å². The van der Waals surface area contributed by atoms with Crippen LogP contribution in [0.15, 0.2) is 51.7 Å². The minimum atomic E-state index is -0.356. The standard InChI is InChI=1S/C29H36N2O3/c1-19-15-23-25(32)17-27(34-26(23)16-20(19)2)28(33)30-18-24(31-13-7-6-8-14-31)21-9-11-22(12-10-21)29(3,4)5/h9-12,15-17,24H,6-8,13-14,18H2,1-5H3,(H,30,33). The molecule has 3 aromatic rings. The minimum absolute atomic E-state index is 0.0567. The van der Waals surface area contributed by atoms with Gasteiger partial charge in [0.25, 0.3) is 5.91 Å². The van der Waals surface area contributed by atoms with Crippen molar-refractivity contribution in [1.29, 1.82) is 0 Å². The smallest absolute Gasteiger partial charge is 0.287 e. The number of nitrogens with zero attached hydrogens (tertiary/aromatic N) is 1. The molecule has 1 aliphatic rings. The molecular formula is C29H36N2O3. The van der Waals surface area contributed by atoms with Gasteiger partial charge in [-0.15, -0.1) is 0 Å². The molecule has 0 radical (unpaired) electrons. The van der Waals surface area contributed by atoms with Gasteiger partial charge in [-0.3, -0.25) is 14.5 Å². The average molecular weight is 461 g/mol. The van der Waals surface area contributed by atoms with Crippen LogP contribution in [0, 0.1) is 13.8 Å². The predicted octanol–water partition coefficient (Wildman–Crippen LogP) is 5.66. The SMILES string of the molecule is Cc1cc2oc(C(=O)NCC(c3ccc(C(C)(C)C)cc3)N3CCCCC3)cc(=O)c2cc1C. The molecule has 1 N–H and O–H groups in total. The lowest BCUT2D eigenvalue weighted by Crippen LogP contribution is -2.40. The maximum absolute atomic E-state index is 13.0. The van der Waals surface area contributed by atoms with Crippen molar-refractivity contribution < 1.29 is 9.21 Å². The lowest BCUT2D eigenvalue weighted by molar-refractivity contribution is 0.0897. The highest BCUT2D eigenvalue weighted by atomic mass is 16.3. The van der Waals surface area contributed by atoms with E-state index in [1.807, 2.05) is 26.0 Å². The van der Waals surface area contributed by atoms with Crippen LogP contribution in [0.3, 0.4) is 0 Å². The number of carbonyl (C=O) groups is 1. The number of aryl methyl sites for hydroxylation is 2. The van der Waals surface area contributed by atoms with Crippen LogP contribution >= 0.6 is 0 Å². The van der Waals surface area contributed by atoms with Gasteiger partial charge >= 0.3 is 0 Å². The number of benzene rings is 2. The van der Waals surface area contributed by atoms with Crippen LogP contribution in [-0.2, 0) is 5.41 Å². The van der Waals surface area contributed by atoms with Crippen molar-refractivity contribution in [2.24, 2.45) is 0 Å². The average Bonchev–Trinajstić information content (AvgIpc) is 2.81. The molecule has 4 rings (SSSR count). The third-order valence-electron chi connectivity index (χ3n) is 7.02. The van der Waals surface area contributed by atoms with E-state index in [-0.39, 0.29) is 28.6 Å². The van der Waals surface area contributed by atoms with Gasteiger partial charge in [0.15, 0.2) is 11.2 Å². The Morgan fingerprint density at radius 1 is 1.00 bits per heavy atom. The zero-order valence-electron chi connectivity index (χ0n) is 21.0. The van der Waals surface area contributed by atoms with Gasteiger partial charge in [0, 0.05) is 12.6 Å². The second kappa shape index (κ2) is 9.75. The normalized spacial score (nSPS) is 15.9. The molecule has 0 bridgehead atoms. The number of fused-ring (bicyclic) bond motifs is 1. The Balaban J connectivity index is 1.57. The lowest BCUT2D eigenvalue weighted by Gasteiger charge is -2.35.